The van der Waals surface area contributed by atoms with Crippen LogP contribution in [0.15, 0.2) is 24.3 Å². The zero-order valence-corrected chi connectivity index (χ0v) is 11.1. The van der Waals surface area contributed by atoms with E-state index in [1.54, 1.807) is 0 Å². The second-order valence-electron chi connectivity index (χ2n) is 6.03. The first kappa shape index (κ1) is 11.8. The number of carbonyl (C=O) groups is 1. The van der Waals surface area contributed by atoms with Crippen molar-refractivity contribution in [2.45, 2.75) is 38.7 Å². The van der Waals surface area contributed by atoms with Crippen LogP contribution >= 0.6 is 0 Å². The third-order valence-corrected chi connectivity index (χ3v) is 5.00. The Kier molecular flexibility index (Phi) is 2.69. The van der Waals surface area contributed by atoms with Gasteiger partial charge in [-0.25, -0.2) is 0 Å². The molecule has 96 valence electrons. The van der Waals surface area contributed by atoms with E-state index in [1.165, 1.54) is 5.56 Å². The van der Waals surface area contributed by atoms with Crippen molar-refractivity contribution in [1.82, 2.24) is 0 Å². The van der Waals surface area contributed by atoms with Crippen molar-refractivity contribution in [3.8, 4) is 5.75 Å². The van der Waals surface area contributed by atoms with Crippen molar-refractivity contribution in [1.29, 1.82) is 0 Å². The van der Waals surface area contributed by atoms with Gasteiger partial charge >= 0.3 is 0 Å². The van der Waals surface area contributed by atoms with Crippen molar-refractivity contribution in [3.05, 3.63) is 29.8 Å². The topological polar surface area (TPSA) is 26.3 Å². The molecular formula is C16H20O2. The molecule has 2 heteroatoms. The highest BCUT2D eigenvalue weighted by atomic mass is 16.5. The molecule has 0 spiro atoms. The average molecular weight is 244 g/mol. The van der Waals surface area contributed by atoms with Gasteiger partial charge in [0, 0.05) is 11.8 Å². The lowest BCUT2D eigenvalue weighted by molar-refractivity contribution is -0.120. The highest BCUT2D eigenvalue weighted by molar-refractivity contribution is 5.54. The second kappa shape index (κ2) is 4.11. The Morgan fingerprint density at radius 3 is 2.94 bits per heavy atom. The Morgan fingerprint density at radius 1 is 1.39 bits per heavy atom. The van der Waals surface area contributed by atoms with Gasteiger partial charge in [0.2, 0.25) is 0 Å². The molecule has 1 aromatic rings. The summed E-state index contributed by atoms with van der Waals surface area (Å²) in [4.78, 5) is 11.2. The zero-order valence-electron chi connectivity index (χ0n) is 11.1. The molecule has 4 unspecified atom stereocenters. The zero-order chi connectivity index (χ0) is 12.8. The molecule has 1 heterocycles. The van der Waals surface area contributed by atoms with E-state index < -0.39 is 0 Å². The van der Waals surface area contributed by atoms with Crippen LogP contribution in [0.1, 0.15) is 32.3 Å². The normalized spacial score (nSPS) is 38.2. The highest BCUT2D eigenvalue weighted by Crippen LogP contribution is 2.48. The minimum atomic E-state index is -0.0900. The number of benzene rings is 1. The van der Waals surface area contributed by atoms with Crippen LogP contribution in [0.25, 0.3) is 0 Å². The molecule has 0 bridgehead atoms. The lowest BCUT2D eigenvalue weighted by Crippen LogP contribution is -2.52. The summed E-state index contributed by atoms with van der Waals surface area (Å²) in [5.74, 6) is 2.11. The van der Waals surface area contributed by atoms with Crippen molar-refractivity contribution in [2.24, 2.45) is 17.8 Å². The molecular weight excluding hydrogens is 224 g/mol. The number of hydrogen-bond acceptors (Lipinski definition) is 2. The van der Waals surface area contributed by atoms with Crippen LogP contribution in [0, 0.1) is 17.8 Å². The maximum atomic E-state index is 11.2. The standard InChI is InChI=1S/C16H20O2/c1-11-13(10-17)7-8-16(2)14(11)9-12-5-3-4-6-15(12)18-16/h3-6,10-11,13-14H,7-9H2,1-2H3. The van der Waals surface area contributed by atoms with Crippen molar-refractivity contribution in [3.63, 3.8) is 0 Å². The molecule has 1 saturated carbocycles. The number of fused-ring (bicyclic) bond motifs is 2. The Labute approximate surface area is 108 Å². The predicted molar refractivity (Wildman–Crippen MR) is 70.6 cm³/mol. The Balaban J connectivity index is 1.96. The summed E-state index contributed by atoms with van der Waals surface area (Å²) < 4.78 is 6.27. The summed E-state index contributed by atoms with van der Waals surface area (Å²) in [6, 6.07) is 8.30. The smallest absolute Gasteiger partial charge is 0.123 e. The van der Waals surface area contributed by atoms with E-state index in [-0.39, 0.29) is 11.5 Å². The van der Waals surface area contributed by atoms with Gasteiger partial charge in [0.1, 0.15) is 17.6 Å². The van der Waals surface area contributed by atoms with Crippen LogP contribution < -0.4 is 4.74 Å². The molecule has 3 rings (SSSR count). The summed E-state index contributed by atoms with van der Waals surface area (Å²) in [6.45, 7) is 4.42. The first-order chi connectivity index (χ1) is 8.64. The van der Waals surface area contributed by atoms with Crippen LogP contribution in [0.2, 0.25) is 0 Å². The Morgan fingerprint density at radius 2 is 2.17 bits per heavy atom. The third kappa shape index (κ3) is 1.66. The van der Waals surface area contributed by atoms with Gasteiger partial charge in [-0.05, 0) is 43.7 Å². The fourth-order valence-corrected chi connectivity index (χ4v) is 3.74. The van der Waals surface area contributed by atoms with Gasteiger partial charge in [0.05, 0.1) is 0 Å². The van der Waals surface area contributed by atoms with E-state index in [1.807, 2.05) is 6.07 Å². The number of rotatable bonds is 1. The number of para-hydroxylation sites is 1. The molecule has 2 aliphatic rings. The van der Waals surface area contributed by atoms with E-state index in [0.29, 0.717) is 11.8 Å². The molecule has 4 atom stereocenters. The summed E-state index contributed by atoms with van der Waals surface area (Å²) in [6.07, 6.45) is 4.13. The van der Waals surface area contributed by atoms with E-state index in [4.69, 9.17) is 4.74 Å². The van der Waals surface area contributed by atoms with Crippen molar-refractivity contribution >= 4 is 6.29 Å². The lowest BCUT2D eigenvalue weighted by Gasteiger charge is -2.50. The van der Waals surface area contributed by atoms with Crippen LogP contribution in [-0.4, -0.2) is 11.9 Å². The van der Waals surface area contributed by atoms with Gasteiger partial charge in [0.15, 0.2) is 0 Å². The molecule has 1 aliphatic carbocycles. The molecule has 0 N–H and O–H groups in total. The Hall–Kier alpha value is -1.31. The largest absolute Gasteiger partial charge is 0.487 e. The summed E-state index contributed by atoms with van der Waals surface area (Å²) in [5.41, 5.74) is 1.20. The SMILES string of the molecule is CC1C(C=O)CCC2(C)Oc3ccccc3CC12. The monoisotopic (exact) mass is 244 g/mol. The maximum Gasteiger partial charge on any atom is 0.123 e. The van der Waals surface area contributed by atoms with Crippen LogP contribution in [0.5, 0.6) is 5.75 Å². The number of aldehydes is 1. The van der Waals surface area contributed by atoms with Gasteiger partial charge in [-0.2, -0.15) is 0 Å². The Bertz CT molecular complexity index is 468. The molecule has 18 heavy (non-hydrogen) atoms. The minimum Gasteiger partial charge on any atom is -0.487 e. The van der Waals surface area contributed by atoms with E-state index in [2.05, 4.69) is 32.0 Å². The minimum absolute atomic E-state index is 0.0900. The molecule has 0 saturated heterocycles. The molecule has 1 fully saturated rings. The average Bonchev–Trinajstić information content (AvgIpc) is 2.37. The van der Waals surface area contributed by atoms with Crippen LogP contribution in [0.3, 0.4) is 0 Å². The summed E-state index contributed by atoms with van der Waals surface area (Å²) in [5, 5.41) is 0. The van der Waals surface area contributed by atoms with Gasteiger partial charge in [-0.15, -0.1) is 0 Å². The molecule has 0 amide bonds. The fraction of sp³-hybridized carbons (Fsp3) is 0.562. The molecule has 1 aliphatic heterocycles. The molecule has 0 radical (unpaired) electrons. The number of carbonyl (C=O) groups excluding carboxylic acids is 1. The van der Waals surface area contributed by atoms with E-state index >= 15 is 0 Å². The number of ether oxygens (including phenoxy) is 1. The van der Waals surface area contributed by atoms with Gasteiger partial charge < -0.3 is 9.53 Å². The van der Waals surface area contributed by atoms with Crippen LogP contribution in [0.4, 0.5) is 0 Å². The molecule has 1 aromatic carbocycles. The molecule has 0 aromatic heterocycles. The van der Waals surface area contributed by atoms with Gasteiger partial charge in [-0.1, -0.05) is 25.1 Å². The summed E-state index contributed by atoms with van der Waals surface area (Å²) >= 11 is 0. The maximum absolute atomic E-state index is 11.2. The van der Waals surface area contributed by atoms with Crippen molar-refractivity contribution in [2.75, 3.05) is 0 Å². The van der Waals surface area contributed by atoms with E-state index in [9.17, 15) is 4.79 Å². The molecule has 2 nitrogen and oxygen atoms in total. The number of hydrogen-bond donors (Lipinski definition) is 0. The van der Waals surface area contributed by atoms with E-state index in [0.717, 1.165) is 31.3 Å². The first-order valence-corrected chi connectivity index (χ1v) is 6.86. The third-order valence-electron chi connectivity index (χ3n) is 5.00. The first-order valence-electron chi connectivity index (χ1n) is 6.86. The quantitative estimate of drug-likeness (QED) is 0.709. The lowest BCUT2D eigenvalue weighted by atomic mass is 9.63. The van der Waals surface area contributed by atoms with Crippen LogP contribution in [-0.2, 0) is 11.2 Å². The summed E-state index contributed by atoms with van der Waals surface area (Å²) in [7, 11) is 0. The highest BCUT2D eigenvalue weighted by Gasteiger charge is 2.48. The predicted octanol–water partition coefficient (Wildman–Crippen LogP) is 3.24. The second-order valence-corrected chi connectivity index (χ2v) is 6.03. The van der Waals surface area contributed by atoms with Gasteiger partial charge in [0.25, 0.3) is 0 Å². The fourth-order valence-electron chi connectivity index (χ4n) is 3.74. The van der Waals surface area contributed by atoms with Crippen molar-refractivity contribution < 1.29 is 9.53 Å². The van der Waals surface area contributed by atoms with Gasteiger partial charge in [-0.3, -0.25) is 0 Å².